The van der Waals surface area contributed by atoms with Gasteiger partial charge in [0, 0.05) is 18.0 Å². The monoisotopic (exact) mass is 319 g/mol. The van der Waals surface area contributed by atoms with Gasteiger partial charge in [-0.25, -0.2) is 4.79 Å². The highest BCUT2D eigenvalue weighted by Gasteiger charge is 2.21. The van der Waals surface area contributed by atoms with E-state index in [1.54, 1.807) is 11.0 Å². The summed E-state index contributed by atoms with van der Waals surface area (Å²) in [6, 6.07) is 7.89. The van der Waals surface area contributed by atoms with E-state index < -0.39 is 6.10 Å². The molecule has 4 heteroatoms. The van der Waals surface area contributed by atoms with Gasteiger partial charge >= 0.3 is 6.09 Å². The lowest BCUT2D eigenvalue weighted by Gasteiger charge is -2.29. The number of aryl methyl sites for hydroxylation is 1. The maximum absolute atomic E-state index is 12.1. The van der Waals surface area contributed by atoms with Gasteiger partial charge in [0.05, 0.1) is 12.4 Å². The van der Waals surface area contributed by atoms with Crippen molar-refractivity contribution in [2.24, 2.45) is 5.92 Å². The van der Waals surface area contributed by atoms with Crippen LogP contribution in [-0.2, 0) is 4.74 Å². The predicted octanol–water partition coefficient (Wildman–Crippen LogP) is 4.43. The molecule has 128 valence electrons. The van der Waals surface area contributed by atoms with Crippen LogP contribution in [0.5, 0.6) is 0 Å². The van der Waals surface area contributed by atoms with Gasteiger partial charge in [0.15, 0.2) is 0 Å². The Hall–Kier alpha value is -1.81. The molecular weight excluding hydrogens is 290 g/mol. The Bertz CT molecular complexity index is 529. The van der Waals surface area contributed by atoms with Gasteiger partial charge in [-0.2, -0.15) is 0 Å². The molecule has 1 amide bonds. The molecule has 0 aliphatic carbocycles. The second kappa shape index (κ2) is 8.73. The van der Waals surface area contributed by atoms with Crippen LogP contribution >= 0.6 is 0 Å². The zero-order valence-electron chi connectivity index (χ0n) is 15.0. The van der Waals surface area contributed by atoms with E-state index in [4.69, 9.17) is 4.74 Å². The van der Waals surface area contributed by atoms with E-state index in [1.165, 1.54) is 6.26 Å². The van der Waals surface area contributed by atoms with Crippen molar-refractivity contribution in [2.75, 3.05) is 0 Å². The van der Waals surface area contributed by atoms with Crippen LogP contribution in [0.4, 0.5) is 4.79 Å². The molecule has 0 saturated heterocycles. The summed E-state index contributed by atoms with van der Waals surface area (Å²) in [5.74, 6) is -0.157. The minimum atomic E-state index is -0.627. The molecule has 0 heterocycles. The summed E-state index contributed by atoms with van der Waals surface area (Å²) >= 11 is 0. The first-order valence-corrected chi connectivity index (χ1v) is 8.14. The molecule has 0 unspecified atom stereocenters. The lowest BCUT2D eigenvalue weighted by atomic mass is 9.94. The lowest BCUT2D eigenvalue weighted by Crippen LogP contribution is -2.41. The van der Waals surface area contributed by atoms with Gasteiger partial charge in [0.1, 0.15) is 0 Å². The van der Waals surface area contributed by atoms with Crippen molar-refractivity contribution < 1.29 is 14.6 Å². The highest BCUT2D eigenvalue weighted by atomic mass is 16.5. The van der Waals surface area contributed by atoms with Crippen LogP contribution in [0.2, 0.25) is 0 Å². The van der Waals surface area contributed by atoms with Gasteiger partial charge in [-0.15, -0.1) is 0 Å². The van der Waals surface area contributed by atoms with Crippen molar-refractivity contribution in [1.29, 1.82) is 0 Å². The molecule has 2 atom stereocenters. The minimum Gasteiger partial charge on any atom is -0.418 e. The fourth-order valence-corrected chi connectivity index (χ4v) is 2.61. The van der Waals surface area contributed by atoms with Crippen LogP contribution in [0, 0.1) is 12.8 Å². The molecule has 0 radical (unpaired) electrons. The van der Waals surface area contributed by atoms with E-state index >= 15 is 0 Å². The molecule has 0 bridgehead atoms. The summed E-state index contributed by atoms with van der Waals surface area (Å²) in [7, 11) is 0. The van der Waals surface area contributed by atoms with Gasteiger partial charge in [0.25, 0.3) is 0 Å². The molecule has 23 heavy (non-hydrogen) atoms. The fourth-order valence-electron chi connectivity index (χ4n) is 2.61. The van der Waals surface area contributed by atoms with Crippen LogP contribution in [0.1, 0.15) is 51.8 Å². The van der Waals surface area contributed by atoms with E-state index in [9.17, 15) is 9.90 Å². The van der Waals surface area contributed by atoms with Crippen LogP contribution < -0.4 is 0 Å². The second-order valence-electron chi connectivity index (χ2n) is 6.47. The maximum atomic E-state index is 12.1. The SMILES string of the molecule is Cc1ccccc1[C@@H](O)[C@@H](C)/C=C\OC(=O)N(C(C)C)C(C)C. The van der Waals surface area contributed by atoms with E-state index in [1.807, 2.05) is 65.8 Å². The third-order valence-electron chi connectivity index (χ3n) is 3.88. The maximum Gasteiger partial charge on any atom is 0.415 e. The number of amides is 1. The normalized spacial score (nSPS) is 14.3. The van der Waals surface area contributed by atoms with Crippen molar-refractivity contribution >= 4 is 6.09 Å². The Balaban J connectivity index is 2.67. The number of hydrogen-bond donors (Lipinski definition) is 1. The van der Waals surface area contributed by atoms with Crippen LogP contribution in [0.25, 0.3) is 0 Å². The van der Waals surface area contributed by atoms with Crippen molar-refractivity contribution in [1.82, 2.24) is 4.90 Å². The zero-order valence-corrected chi connectivity index (χ0v) is 15.0. The molecule has 0 aromatic heterocycles. The molecular formula is C19H29NO3. The molecule has 1 aromatic rings. The number of aliphatic hydroxyl groups excluding tert-OH is 1. The van der Waals surface area contributed by atoms with Crippen LogP contribution in [0.15, 0.2) is 36.6 Å². The highest BCUT2D eigenvalue weighted by Crippen LogP contribution is 2.25. The first-order valence-electron chi connectivity index (χ1n) is 8.14. The summed E-state index contributed by atoms with van der Waals surface area (Å²) in [6.45, 7) is 11.7. The van der Waals surface area contributed by atoms with Gasteiger partial charge in [-0.05, 0) is 51.8 Å². The number of rotatable bonds is 6. The summed E-state index contributed by atoms with van der Waals surface area (Å²) in [5.41, 5.74) is 1.94. The van der Waals surface area contributed by atoms with E-state index in [2.05, 4.69) is 0 Å². The Labute approximate surface area is 139 Å². The largest absolute Gasteiger partial charge is 0.418 e. The molecule has 0 aliphatic heterocycles. The van der Waals surface area contributed by atoms with Crippen molar-refractivity contribution in [3.05, 3.63) is 47.7 Å². The molecule has 0 saturated carbocycles. The Morgan fingerprint density at radius 1 is 1.13 bits per heavy atom. The number of nitrogens with zero attached hydrogens (tertiary/aromatic N) is 1. The van der Waals surface area contributed by atoms with Gasteiger partial charge in [0.2, 0.25) is 0 Å². The van der Waals surface area contributed by atoms with E-state index in [0.717, 1.165) is 11.1 Å². The zero-order chi connectivity index (χ0) is 17.6. The molecule has 1 rings (SSSR count). The number of aliphatic hydroxyl groups is 1. The Morgan fingerprint density at radius 2 is 1.70 bits per heavy atom. The van der Waals surface area contributed by atoms with E-state index in [-0.39, 0.29) is 24.1 Å². The number of carbonyl (C=O) groups excluding carboxylic acids is 1. The quantitative estimate of drug-likeness (QED) is 0.789. The van der Waals surface area contributed by atoms with Gasteiger partial charge in [-0.3, -0.25) is 0 Å². The van der Waals surface area contributed by atoms with Gasteiger partial charge in [-0.1, -0.05) is 31.2 Å². The fraction of sp³-hybridized carbons (Fsp3) is 0.526. The lowest BCUT2D eigenvalue weighted by molar-refractivity contribution is 0.106. The smallest absolute Gasteiger partial charge is 0.415 e. The highest BCUT2D eigenvalue weighted by molar-refractivity contribution is 5.68. The molecule has 0 spiro atoms. The van der Waals surface area contributed by atoms with Crippen molar-refractivity contribution in [3.63, 3.8) is 0 Å². The molecule has 1 aromatic carbocycles. The molecule has 0 aliphatic rings. The molecule has 0 fully saturated rings. The van der Waals surface area contributed by atoms with Crippen LogP contribution in [-0.4, -0.2) is 28.2 Å². The predicted molar refractivity (Wildman–Crippen MR) is 93.0 cm³/mol. The van der Waals surface area contributed by atoms with Gasteiger partial charge < -0.3 is 14.7 Å². The Morgan fingerprint density at radius 3 is 2.22 bits per heavy atom. The van der Waals surface area contributed by atoms with Crippen molar-refractivity contribution in [2.45, 2.75) is 59.7 Å². The number of carbonyl (C=O) groups is 1. The van der Waals surface area contributed by atoms with Crippen molar-refractivity contribution in [3.8, 4) is 0 Å². The van der Waals surface area contributed by atoms with E-state index in [0.29, 0.717) is 0 Å². The number of hydrogen-bond acceptors (Lipinski definition) is 3. The third kappa shape index (κ3) is 5.39. The van der Waals surface area contributed by atoms with Crippen LogP contribution in [0.3, 0.4) is 0 Å². The summed E-state index contributed by atoms with van der Waals surface area (Å²) in [6.07, 6.45) is 2.10. The molecule has 4 nitrogen and oxygen atoms in total. The third-order valence-corrected chi connectivity index (χ3v) is 3.88. The first-order chi connectivity index (χ1) is 10.8. The summed E-state index contributed by atoms with van der Waals surface area (Å²) in [4.78, 5) is 13.8. The first kappa shape index (κ1) is 19.2. The summed E-state index contributed by atoms with van der Waals surface area (Å²) < 4.78 is 5.21. The standard InChI is InChI=1S/C19H29NO3/c1-13(2)20(14(3)4)19(22)23-12-11-16(6)18(21)17-10-8-7-9-15(17)5/h7-14,16,18,21H,1-6H3/b12-11-/t16-,18-/m0/s1. The second-order valence-corrected chi connectivity index (χ2v) is 6.47. The number of benzene rings is 1. The average Bonchev–Trinajstić information content (AvgIpc) is 2.46. The Kier molecular flexibility index (Phi) is 7.30. The number of ether oxygens (including phenoxy) is 1. The topological polar surface area (TPSA) is 49.8 Å². The minimum absolute atomic E-state index is 0.0749. The average molecular weight is 319 g/mol. The molecule has 1 N–H and O–H groups in total. The summed E-state index contributed by atoms with van der Waals surface area (Å²) in [5, 5.41) is 10.4.